The zero-order valence-electron chi connectivity index (χ0n) is 12.0. The van der Waals surface area contributed by atoms with E-state index in [-0.39, 0.29) is 18.6 Å². The summed E-state index contributed by atoms with van der Waals surface area (Å²) < 4.78 is 1.65. The molecular formula is C14H23N3O2. The lowest BCUT2D eigenvalue weighted by Crippen LogP contribution is -2.46. The van der Waals surface area contributed by atoms with Crippen LogP contribution in [0.2, 0.25) is 0 Å². The lowest BCUT2D eigenvalue weighted by molar-refractivity contribution is 0.0492. The molecule has 0 saturated carbocycles. The second-order valence-electron chi connectivity index (χ2n) is 5.56. The Morgan fingerprint density at radius 1 is 1.53 bits per heavy atom. The number of piperidine rings is 1. The van der Waals surface area contributed by atoms with Crippen LogP contribution in [0, 0.1) is 0 Å². The number of amides is 1. The van der Waals surface area contributed by atoms with Crippen LogP contribution in [0.4, 0.5) is 0 Å². The molecule has 1 aliphatic heterocycles. The molecule has 2 rings (SSSR count). The van der Waals surface area contributed by atoms with Crippen molar-refractivity contribution in [3.63, 3.8) is 0 Å². The van der Waals surface area contributed by atoms with Crippen molar-refractivity contribution in [1.82, 2.24) is 14.7 Å². The summed E-state index contributed by atoms with van der Waals surface area (Å²) in [5, 5.41) is 13.8. The number of aliphatic hydroxyl groups is 1. The number of aliphatic hydroxyl groups excluding tert-OH is 1. The molecule has 1 aliphatic rings. The van der Waals surface area contributed by atoms with Gasteiger partial charge < -0.3 is 10.0 Å². The lowest BCUT2D eigenvalue weighted by Gasteiger charge is -2.34. The third-order valence-electron chi connectivity index (χ3n) is 3.81. The third-order valence-corrected chi connectivity index (χ3v) is 3.81. The molecule has 2 heterocycles. The molecule has 5 nitrogen and oxygen atoms in total. The van der Waals surface area contributed by atoms with Crippen LogP contribution >= 0.6 is 0 Å². The average molecular weight is 265 g/mol. The number of nitrogens with zero attached hydrogens (tertiary/aromatic N) is 3. The Kier molecular flexibility index (Phi) is 4.24. The maximum Gasteiger partial charge on any atom is 0.272 e. The molecule has 0 aliphatic carbocycles. The molecule has 1 aromatic rings. The Morgan fingerprint density at radius 2 is 2.26 bits per heavy atom. The van der Waals surface area contributed by atoms with Crippen LogP contribution in [0.3, 0.4) is 0 Å². The van der Waals surface area contributed by atoms with Gasteiger partial charge in [-0.05, 0) is 31.2 Å². The predicted octanol–water partition coefficient (Wildman–Crippen LogP) is 1.53. The standard InChI is InChI=1S/C14H23N3O2/c1-10(2)12-8-13(16(3)15-12)14(19)17-7-5-4-6-11(17)9-18/h8,10-11,18H,4-7,9H2,1-3H3/t11-/m0/s1. The number of aryl methyl sites for hydroxylation is 1. The van der Waals surface area contributed by atoms with Gasteiger partial charge in [-0.3, -0.25) is 9.48 Å². The molecular weight excluding hydrogens is 242 g/mol. The quantitative estimate of drug-likeness (QED) is 0.901. The van der Waals surface area contributed by atoms with Gasteiger partial charge >= 0.3 is 0 Å². The Balaban J connectivity index is 2.22. The maximum atomic E-state index is 12.6. The number of carbonyl (C=O) groups excluding carboxylic acids is 1. The van der Waals surface area contributed by atoms with Gasteiger partial charge in [0.25, 0.3) is 5.91 Å². The number of hydrogen-bond donors (Lipinski definition) is 1. The Labute approximate surface area is 114 Å². The van der Waals surface area contributed by atoms with Gasteiger partial charge in [-0.1, -0.05) is 13.8 Å². The second-order valence-corrected chi connectivity index (χ2v) is 5.56. The van der Waals surface area contributed by atoms with Gasteiger partial charge in [0.2, 0.25) is 0 Å². The normalized spacial score (nSPS) is 20.1. The highest BCUT2D eigenvalue weighted by Gasteiger charge is 2.29. The summed E-state index contributed by atoms with van der Waals surface area (Å²) in [6, 6.07) is 1.83. The van der Waals surface area contributed by atoms with Gasteiger partial charge in [0.05, 0.1) is 18.3 Å². The first-order valence-electron chi connectivity index (χ1n) is 7.00. The third kappa shape index (κ3) is 2.81. The summed E-state index contributed by atoms with van der Waals surface area (Å²) in [5.74, 6) is 0.295. The number of rotatable bonds is 3. The van der Waals surface area contributed by atoms with E-state index in [0.29, 0.717) is 11.6 Å². The van der Waals surface area contributed by atoms with Crippen LogP contribution in [0.25, 0.3) is 0 Å². The zero-order valence-corrected chi connectivity index (χ0v) is 12.0. The Bertz CT molecular complexity index is 454. The van der Waals surface area contributed by atoms with Gasteiger partial charge in [-0.2, -0.15) is 5.10 Å². The van der Waals surface area contributed by atoms with E-state index in [1.165, 1.54) is 0 Å². The largest absolute Gasteiger partial charge is 0.394 e. The summed E-state index contributed by atoms with van der Waals surface area (Å²) in [7, 11) is 1.80. The number of likely N-dealkylation sites (tertiary alicyclic amines) is 1. The molecule has 0 radical (unpaired) electrons. The minimum Gasteiger partial charge on any atom is -0.394 e. The minimum atomic E-state index is -0.0429. The van der Waals surface area contributed by atoms with Gasteiger partial charge in [0, 0.05) is 13.6 Å². The van der Waals surface area contributed by atoms with Gasteiger partial charge in [0.15, 0.2) is 0 Å². The Hall–Kier alpha value is -1.36. The van der Waals surface area contributed by atoms with E-state index in [9.17, 15) is 9.90 Å². The van der Waals surface area contributed by atoms with Crippen molar-refractivity contribution in [3.8, 4) is 0 Å². The highest BCUT2D eigenvalue weighted by molar-refractivity contribution is 5.93. The lowest BCUT2D eigenvalue weighted by atomic mass is 10.0. The smallest absolute Gasteiger partial charge is 0.272 e. The highest BCUT2D eigenvalue weighted by Crippen LogP contribution is 2.21. The molecule has 1 fully saturated rings. The van der Waals surface area contributed by atoms with Crippen molar-refractivity contribution < 1.29 is 9.90 Å². The fraction of sp³-hybridized carbons (Fsp3) is 0.714. The van der Waals surface area contributed by atoms with Crippen molar-refractivity contribution in [2.45, 2.75) is 45.1 Å². The van der Waals surface area contributed by atoms with E-state index >= 15 is 0 Å². The molecule has 0 unspecified atom stereocenters. The average Bonchev–Trinajstić information content (AvgIpc) is 2.80. The van der Waals surface area contributed by atoms with Crippen LogP contribution < -0.4 is 0 Å². The van der Waals surface area contributed by atoms with Gasteiger partial charge in [-0.25, -0.2) is 0 Å². The van der Waals surface area contributed by atoms with E-state index in [0.717, 1.165) is 31.5 Å². The molecule has 1 atom stereocenters. The van der Waals surface area contributed by atoms with Crippen LogP contribution in [0.1, 0.15) is 55.2 Å². The first-order valence-corrected chi connectivity index (χ1v) is 7.00. The van der Waals surface area contributed by atoms with Crippen molar-refractivity contribution in [3.05, 3.63) is 17.5 Å². The van der Waals surface area contributed by atoms with Gasteiger partial charge in [0.1, 0.15) is 5.69 Å². The second kappa shape index (κ2) is 5.74. The highest BCUT2D eigenvalue weighted by atomic mass is 16.3. The topological polar surface area (TPSA) is 58.4 Å². The SMILES string of the molecule is CC(C)c1cc(C(=O)N2CCCC[C@H]2CO)n(C)n1. The van der Waals surface area contributed by atoms with Crippen molar-refractivity contribution in [2.24, 2.45) is 7.05 Å². The van der Waals surface area contributed by atoms with E-state index in [4.69, 9.17) is 0 Å². The fourth-order valence-corrected chi connectivity index (χ4v) is 2.58. The van der Waals surface area contributed by atoms with Gasteiger partial charge in [-0.15, -0.1) is 0 Å². The summed E-state index contributed by atoms with van der Waals surface area (Å²) in [4.78, 5) is 14.4. The minimum absolute atomic E-state index is 0.0133. The van der Waals surface area contributed by atoms with Crippen molar-refractivity contribution in [2.75, 3.05) is 13.2 Å². The molecule has 19 heavy (non-hydrogen) atoms. The molecule has 1 N–H and O–H groups in total. The van der Waals surface area contributed by atoms with E-state index in [1.807, 2.05) is 6.07 Å². The van der Waals surface area contributed by atoms with Crippen LogP contribution in [0.5, 0.6) is 0 Å². The predicted molar refractivity (Wildman–Crippen MR) is 73.1 cm³/mol. The Morgan fingerprint density at radius 3 is 2.84 bits per heavy atom. The van der Waals surface area contributed by atoms with Crippen LogP contribution in [-0.4, -0.2) is 44.9 Å². The first-order chi connectivity index (χ1) is 9.04. The number of aromatic nitrogens is 2. The molecule has 0 bridgehead atoms. The zero-order chi connectivity index (χ0) is 14.0. The molecule has 0 aromatic carbocycles. The molecule has 1 amide bonds. The van der Waals surface area contributed by atoms with E-state index in [2.05, 4.69) is 18.9 Å². The summed E-state index contributed by atoms with van der Waals surface area (Å²) in [6.45, 7) is 4.90. The molecule has 0 spiro atoms. The summed E-state index contributed by atoms with van der Waals surface area (Å²) in [5.41, 5.74) is 1.55. The van der Waals surface area contributed by atoms with Crippen LogP contribution in [-0.2, 0) is 7.05 Å². The van der Waals surface area contributed by atoms with E-state index in [1.54, 1.807) is 16.6 Å². The van der Waals surface area contributed by atoms with E-state index < -0.39 is 0 Å². The number of carbonyl (C=O) groups is 1. The number of hydrogen-bond acceptors (Lipinski definition) is 3. The molecule has 1 saturated heterocycles. The molecule has 5 heteroatoms. The summed E-state index contributed by atoms with van der Waals surface area (Å²) in [6.07, 6.45) is 2.98. The fourth-order valence-electron chi connectivity index (χ4n) is 2.58. The monoisotopic (exact) mass is 265 g/mol. The summed E-state index contributed by atoms with van der Waals surface area (Å²) >= 11 is 0. The maximum absolute atomic E-state index is 12.6. The molecule has 1 aromatic heterocycles. The first kappa shape index (κ1) is 14.1. The van der Waals surface area contributed by atoms with Crippen LogP contribution in [0.15, 0.2) is 6.07 Å². The molecule has 106 valence electrons. The van der Waals surface area contributed by atoms with Crippen molar-refractivity contribution >= 4 is 5.91 Å². The van der Waals surface area contributed by atoms with Crippen molar-refractivity contribution in [1.29, 1.82) is 0 Å².